The summed E-state index contributed by atoms with van der Waals surface area (Å²) in [7, 11) is 1.60. The van der Waals surface area contributed by atoms with Crippen molar-refractivity contribution in [2.75, 3.05) is 13.7 Å². The Morgan fingerprint density at radius 3 is 2.34 bits per heavy atom. The number of carbonyl (C=O) groups is 2. The lowest BCUT2D eigenvalue weighted by atomic mass is 10.1. The van der Waals surface area contributed by atoms with Crippen LogP contribution in [0.4, 0.5) is 0 Å². The van der Waals surface area contributed by atoms with Gasteiger partial charge in [-0.3, -0.25) is 9.59 Å². The number of aryl methyl sites for hydroxylation is 1. The third-order valence-electron chi connectivity index (χ3n) is 6.11. The molecule has 6 heteroatoms. The van der Waals surface area contributed by atoms with Crippen molar-refractivity contribution in [1.29, 1.82) is 0 Å². The average Bonchev–Trinajstić information content (AvgIpc) is 3.32. The highest BCUT2D eigenvalue weighted by Crippen LogP contribution is 2.21. The first kappa shape index (κ1) is 23.6. The number of nitrogens with one attached hydrogen (secondary N) is 1. The number of nitrogens with zero attached hydrogens (tertiary/aromatic N) is 1. The molecule has 1 N–H and O–H groups in total. The van der Waals surface area contributed by atoms with Crippen LogP contribution in [0.15, 0.2) is 48.5 Å². The zero-order valence-electron chi connectivity index (χ0n) is 19.3. The molecule has 1 atom stereocenters. The molecule has 1 aliphatic carbocycles. The normalized spacial score (nSPS) is 14.6. The molecule has 2 amide bonds. The van der Waals surface area contributed by atoms with Crippen molar-refractivity contribution in [3.8, 4) is 11.5 Å². The Balaban J connectivity index is 1.75. The third kappa shape index (κ3) is 6.25. The van der Waals surface area contributed by atoms with Crippen LogP contribution in [0.5, 0.6) is 11.5 Å². The van der Waals surface area contributed by atoms with Crippen LogP contribution in [-0.4, -0.2) is 42.5 Å². The van der Waals surface area contributed by atoms with E-state index < -0.39 is 6.04 Å². The summed E-state index contributed by atoms with van der Waals surface area (Å²) in [5.74, 6) is 1.02. The van der Waals surface area contributed by atoms with Crippen LogP contribution in [0.1, 0.15) is 50.2 Å². The molecule has 0 spiro atoms. The van der Waals surface area contributed by atoms with Gasteiger partial charge in [-0.1, -0.05) is 44.0 Å². The second-order valence-corrected chi connectivity index (χ2v) is 8.33. The highest BCUT2D eigenvalue weighted by Gasteiger charge is 2.31. The molecule has 1 aliphatic rings. The molecule has 172 valence electrons. The van der Waals surface area contributed by atoms with Crippen LogP contribution in [0.3, 0.4) is 0 Å². The Morgan fingerprint density at radius 2 is 1.72 bits per heavy atom. The smallest absolute Gasteiger partial charge is 0.261 e. The molecule has 1 saturated carbocycles. The summed E-state index contributed by atoms with van der Waals surface area (Å²) in [6, 6.07) is 14.7. The molecule has 0 heterocycles. The Hall–Kier alpha value is -3.02. The molecule has 2 aromatic carbocycles. The fraction of sp³-hybridized carbons (Fsp3) is 0.462. The second kappa shape index (κ2) is 11.6. The van der Waals surface area contributed by atoms with E-state index in [0.717, 1.165) is 42.6 Å². The lowest BCUT2D eigenvalue weighted by Crippen LogP contribution is -2.52. The van der Waals surface area contributed by atoms with Gasteiger partial charge in [0.15, 0.2) is 6.61 Å². The lowest BCUT2D eigenvalue weighted by molar-refractivity contribution is -0.143. The second-order valence-electron chi connectivity index (χ2n) is 8.33. The van der Waals surface area contributed by atoms with Crippen LogP contribution in [0.25, 0.3) is 0 Å². The van der Waals surface area contributed by atoms with E-state index in [0.29, 0.717) is 18.7 Å². The molecule has 1 fully saturated rings. The molecule has 0 saturated heterocycles. The number of benzene rings is 2. The van der Waals surface area contributed by atoms with Crippen LogP contribution in [-0.2, 0) is 16.1 Å². The van der Waals surface area contributed by atoms with Gasteiger partial charge >= 0.3 is 0 Å². The highest BCUT2D eigenvalue weighted by atomic mass is 16.5. The molecule has 0 aliphatic heterocycles. The number of hydrogen-bond donors (Lipinski definition) is 1. The average molecular weight is 439 g/mol. The van der Waals surface area contributed by atoms with Crippen molar-refractivity contribution in [2.45, 2.75) is 64.6 Å². The SMILES string of the molecule is CC[C@H](C(=O)NC1CCCC1)N(Cc1ccccc1C)C(=O)COc1ccc(OC)cc1. The zero-order valence-corrected chi connectivity index (χ0v) is 19.3. The van der Waals surface area contributed by atoms with Crippen LogP contribution >= 0.6 is 0 Å². The number of ether oxygens (including phenoxy) is 2. The van der Waals surface area contributed by atoms with E-state index in [4.69, 9.17) is 9.47 Å². The molecule has 0 aromatic heterocycles. The van der Waals surface area contributed by atoms with E-state index in [1.54, 1.807) is 36.3 Å². The third-order valence-corrected chi connectivity index (χ3v) is 6.11. The summed E-state index contributed by atoms with van der Waals surface area (Å²) < 4.78 is 10.9. The van der Waals surface area contributed by atoms with Crippen molar-refractivity contribution in [3.63, 3.8) is 0 Å². The maximum atomic E-state index is 13.3. The van der Waals surface area contributed by atoms with E-state index in [-0.39, 0.29) is 24.5 Å². The maximum absolute atomic E-state index is 13.3. The highest BCUT2D eigenvalue weighted by molar-refractivity contribution is 5.88. The lowest BCUT2D eigenvalue weighted by Gasteiger charge is -2.32. The first-order valence-corrected chi connectivity index (χ1v) is 11.4. The number of rotatable bonds is 10. The van der Waals surface area contributed by atoms with Gasteiger partial charge in [-0.25, -0.2) is 0 Å². The van der Waals surface area contributed by atoms with Crippen molar-refractivity contribution in [3.05, 3.63) is 59.7 Å². The molecule has 0 radical (unpaired) electrons. The Kier molecular flexibility index (Phi) is 8.54. The van der Waals surface area contributed by atoms with Gasteiger partial charge in [0.1, 0.15) is 17.5 Å². The van der Waals surface area contributed by atoms with Gasteiger partial charge in [0.25, 0.3) is 5.91 Å². The topological polar surface area (TPSA) is 67.9 Å². The van der Waals surface area contributed by atoms with E-state index >= 15 is 0 Å². The Morgan fingerprint density at radius 1 is 1.06 bits per heavy atom. The summed E-state index contributed by atoms with van der Waals surface area (Å²) in [5.41, 5.74) is 2.12. The summed E-state index contributed by atoms with van der Waals surface area (Å²) in [6.07, 6.45) is 4.84. The van der Waals surface area contributed by atoms with Gasteiger partial charge in [0, 0.05) is 12.6 Å². The standard InChI is InChI=1S/C26H34N2O4/c1-4-24(26(30)27-21-11-7-8-12-21)28(17-20-10-6-5-9-19(20)2)25(29)18-32-23-15-13-22(31-3)14-16-23/h5-6,9-10,13-16,21,24H,4,7-8,11-12,17-18H2,1-3H3,(H,27,30)/t24-/m1/s1. The molecule has 0 unspecified atom stereocenters. The zero-order chi connectivity index (χ0) is 22.9. The minimum absolute atomic E-state index is 0.0780. The summed E-state index contributed by atoms with van der Waals surface area (Å²) >= 11 is 0. The van der Waals surface area contributed by atoms with E-state index in [1.165, 1.54) is 0 Å². The van der Waals surface area contributed by atoms with E-state index in [2.05, 4.69) is 5.32 Å². The number of carbonyl (C=O) groups excluding carboxylic acids is 2. The molecule has 0 bridgehead atoms. The van der Waals surface area contributed by atoms with Crippen LogP contribution in [0.2, 0.25) is 0 Å². The largest absolute Gasteiger partial charge is 0.497 e. The number of hydrogen-bond acceptors (Lipinski definition) is 4. The van der Waals surface area contributed by atoms with E-state index in [9.17, 15) is 9.59 Å². The predicted octanol–water partition coefficient (Wildman–Crippen LogP) is 4.25. The summed E-state index contributed by atoms with van der Waals surface area (Å²) in [4.78, 5) is 28.1. The molecular weight excluding hydrogens is 404 g/mol. The van der Waals surface area contributed by atoms with Gasteiger partial charge in [-0.2, -0.15) is 0 Å². The van der Waals surface area contributed by atoms with Crippen molar-refractivity contribution in [2.24, 2.45) is 0 Å². The fourth-order valence-corrected chi connectivity index (χ4v) is 4.16. The first-order valence-electron chi connectivity index (χ1n) is 11.4. The predicted molar refractivity (Wildman–Crippen MR) is 125 cm³/mol. The summed E-state index contributed by atoms with van der Waals surface area (Å²) in [5, 5.41) is 3.16. The quantitative estimate of drug-likeness (QED) is 0.602. The van der Waals surface area contributed by atoms with Crippen LogP contribution in [0, 0.1) is 6.92 Å². The number of amides is 2. The van der Waals surface area contributed by atoms with Gasteiger partial charge in [-0.15, -0.1) is 0 Å². The monoisotopic (exact) mass is 438 g/mol. The molecule has 32 heavy (non-hydrogen) atoms. The fourth-order valence-electron chi connectivity index (χ4n) is 4.16. The molecule has 6 nitrogen and oxygen atoms in total. The molecule has 3 rings (SSSR count). The minimum Gasteiger partial charge on any atom is -0.497 e. The van der Waals surface area contributed by atoms with Gasteiger partial charge in [-0.05, 0) is 61.6 Å². The molecule has 2 aromatic rings. The van der Waals surface area contributed by atoms with Crippen molar-refractivity contribution in [1.82, 2.24) is 10.2 Å². The van der Waals surface area contributed by atoms with Gasteiger partial charge < -0.3 is 19.7 Å². The van der Waals surface area contributed by atoms with Crippen molar-refractivity contribution >= 4 is 11.8 Å². The summed E-state index contributed by atoms with van der Waals surface area (Å²) in [6.45, 7) is 4.20. The van der Waals surface area contributed by atoms with E-state index in [1.807, 2.05) is 38.1 Å². The maximum Gasteiger partial charge on any atom is 0.261 e. The van der Waals surface area contributed by atoms with Crippen molar-refractivity contribution < 1.29 is 19.1 Å². The Labute approximate surface area is 190 Å². The number of methoxy groups -OCH3 is 1. The van der Waals surface area contributed by atoms with Gasteiger partial charge in [0.2, 0.25) is 5.91 Å². The molecular formula is C26H34N2O4. The van der Waals surface area contributed by atoms with Gasteiger partial charge in [0.05, 0.1) is 7.11 Å². The Bertz CT molecular complexity index is 891. The van der Waals surface area contributed by atoms with Crippen LogP contribution < -0.4 is 14.8 Å². The first-order chi connectivity index (χ1) is 15.5. The minimum atomic E-state index is -0.540.